The molecule has 2 fully saturated rings. The first kappa shape index (κ1) is 18.5. The number of nitrogens with zero attached hydrogens (tertiary/aromatic N) is 3. The normalized spacial score (nSPS) is 27.9. The van der Waals surface area contributed by atoms with Gasteiger partial charge in [0, 0.05) is 38.0 Å². The highest BCUT2D eigenvalue weighted by Gasteiger charge is 2.37. The summed E-state index contributed by atoms with van der Waals surface area (Å²) in [5.41, 5.74) is 0.876. The lowest BCUT2D eigenvalue weighted by Gasteiger charge is -2.40. The van der Waals surface area contributed by atoms with Crippen LogP contribution in [0, 0.1) is 10.5 Å². The quantitative estimate of drug-likeness (QED) is 0.522. The van der Waals surface area contributed by atoms with Crippen LogP contribution in [0.1, 0.15) is 44.2 Å². The topological polar surface area (TPSA) is 41.1 Å². The highest BCUT2D eigenvalue weighted by Crippen LogP contribution is 2.33. The Kier molecular flexibility index (Phi) is 5.81. The molecule has 1 N–H and O–H groups in total. The summed E-state index contributed by atoms with van der Waals surface area (Å²) in [5, 5.41) is 3.75. The largest absolute Gasteiger partial charge is 0.366 e. The van der Waals surface area contributed by atoms with E-state index in [1.54, 1.807) is 0 Å². The van der Waals surface area contributed by atoms with E-state index in [9.17, 15) is 8.78 Å². The lowest BCUT2D eigenvalue weighted by atomic mass is 9.89. The van der Waals surface area contributed by atoms with Gasteiger partial charge in [0.1, 0.15) is 5.82 Å². The van der Waals surface area contributed by atoms with E-state index in [1.807, 2.05) is 6.92 Å². The Morgan fingerprint density at radius 2 is 1.79 bits per heavy atom. The molecule has 1 aliphatic heterocycles. The zero-order valence-corrected chi connectivity index (χ0v) is 16.6. The van der Waals surface area contributed by atoms with Gasteiger partial charge in [-0.1, -0.05) is 0 Å². The van der Waals surface area contributed by atoms with Gasteiger partial charge >= 0.3 is 0 Å². The van der Waals surface area contributed by atoms with Crippen LogP contribution in [-0.2, 0) is 0 Å². The van der Waals surface area contributed by atoms with Crippen LogP contribution in [0.2, 0.25) is 5.28 Å². The molecule has 8 heteroatoms. The molecule has 0 amide bonds. The maximum absolute atomic E-state index is 13.3. The number of halogens is 4. The molecule has 24 heavy (non-hydrogen) atoms. The van der Waals surface area contributed by atoms with Crippen molar-refractivity contribution >= 4 is 40.0 Å². The number of hydrogen-bond donors (Lipinski definition) is 1. The minimum absolute atomic E-state index is 0.00207. The second-order valence-corrected chi connectivity index (χ2v) is 8.20. The zero-order valence-electron chi connectivity index (χ0n) is 13.7. The highest BCUT2D eigenvalue weighted by atomic mass is 127. The average molecular weight is 471 g/mol. The Morgan fingerprint density at radius 1 is 1.17 bits per heavy atom. The molecule has 2 heterocycles. The predicted molar refractivity (Wildman–Crippen MR) is 99.9 cm³/mol. The van der Waals surface area contributed by atoms with Crippen molar-refractivity contribution in [2.45, 2.75) is 63.5 Å². The van der Waals surface area contributed by atoms with Gasteiger partial charge in [-0.05, 0) is 66.8 Å². The molecular formula is C16H22ClF2IN4. The molecule has 1 aromatic heterocycles. The Morgan fingerprint density at radius 3 is 2.42 bits per heavy atom. The van der Waals surface area contributed by atoms with Gasteiger partial charge in [0.15, 0.2) is 0 Å². The van der Waals surface area contributed by atoms with Gasteiger partial charge in [0.05, 0.1) is 9.26 Å². The second kappa shape index (κ2) is 7.53. The van der Waals surface area contributed by atoms with Crippen molar-refractivity contribution in [3.63, 3.8) is 0 Å². The molecule has 2 aliphatic rings. The van der Waals surface area contributed by atoms with E-state index in [4.69, 9.17) is 11.6 Å². The predicted octanol–water partition coefficient (Wildman–Crippen LogP) is 4.50. The average Bonchev–Trinajstić information content (AvgIpc) is 2.53. The molecule has 1 saturated carbocycles. The van der Waals surface area contributed by atoms with E-state index in [0.717, 1.165) is 40.8 Å². The minimum Gasteiger partial charge on any atom is -0.366 e. The molecule has 1 aromatic rings. The number of nitrogens with one attached hydrogen (secondary N) is 1. The number of aryl methyl sites for hydroxylation is 1. The van der Waals surface area contributed by atoms with Crippen molar-refractivity contribution in [1.29, 1.82) is 0 Å². The summed E-state index contributed by atoms with van der Waals surface area (Å²) in [6, 6.07) is 0.792. The Bertz CT molecular complexity index is 584. The van der Waals surface area contributed by atoms with E-state index >= 15 is 0 Å². The number of piperidine rings is 1. The summed E-state index contributed by atoms with van der Waals surface area (Å²) in [6.07, 6.45) is 4.13. The molecule has 1 aliphatic carbocycles. The lowest BCUT2D eigenvalue weighted by molar-refractivity contribution is -0.0657. The van der Waals surface area contributed by atoms with Crippen LogP contribution in [-0.4, -0.2) is 46.0 Å². The summed E-state index contributed by atoms with van der Waals surface area (Å²) < 4.78 is 27.6. The standard InChI is InChI=1S/C16H22ClF2IN4/c1-10-13(20)14(23-15(17)21-10)22-11-2-4-12(5-3-11)24-8-6-16(18,19)7-9-24/h11-12H,2-9H2,1H3,(H,21,22,23). The molecule has 0 radical (unpaired) electrons. The zero-order chi connectivity index (χ0) is 17.3. The highest BCUT2D eigenvalue weighted by molar-refractivity contribution is 14.1. The summed E-state index contributed by atoms with van der Waals surface area (Å²) >= 11 is 8.19. The van der Waals surface area contributed by atoms with Crippen molar-refractivity contribution in [3.8, 4) is 0 Å². The van der Waals surface area contributed by atoms with Gasteiger partial charge in [-0.15, -0.1) is 0 Å². The fraction of sp³-hybridized carbons (Fsp3) is 0.750. The molecule has 0 atom stereocenters. The van der Waals surface area contributed by atoms with Crippen LogP contribution in [0.25, 0.3) is 0 Å². The molecule has 0 spiro atoms. The Hall–Kier alpha value is -0.280. The van der Waals surface area contributed by atoms with E-state index < -0.39 is 5.92 Å². The lowest BCUT2D eigenvalue weighted by Crippen LogP contribution is -2.47. The number of aromatic nitrogens is 2. The van der Waals surface area contributed by atoms with Gasteiger partial charge in [-0.25, -0.2) is 13.8 Å². The Labute approximate surface area is 159 Å². The van der Waals surface area contributed by atoms with Crippen LogP contribution < -0.4 is 5.32 Å². The third-order valence-corrected chi connectivity index (χ3v) is 6.53. The van der Waals surface area contributed by atoms with Crippen LogP contribution in [0.4, 0.5) is 14.6 Å². The van der Waals surface area contributed by atoms with Gasteiger partial charge in [-0.3, -0.25) is 4.90 Å². The van der Waals surface area contributed by atoms with E-state index in [2.05, 4.69) is 42.8 Å². The number of alkyl halides is 2. The molecule has 0 aromatic carbocycles. The van der Waals surface area contributed by atoms with E-state index in [0.29, 0.717) is 25.2 Å². The van der Waals surface area contributed by atoms with Crippen LogP contribution >= 0.6 is 34.2 Å². The van der Waals surface area contributed by atoms with E-state index in [1.165, 1.54) is 0 Å². The first-order chi connectivity index (χ1) is 11.3. The van der Waals surface area contributed by atoms with Crippen molar-refractivity contribution in [2.75, 3.05) is 18.4 Å². The number of likely N-dealkylation sites (tertiary alicyclic amines) is 1. The fourth-order valence-electron chi connectivity index (χ4n) is 3.62. The van der Waals surface area contributed by atoms with Crippen molar-refractivity contribution in [1.82, 2.24) is 14.9 Å². The third kappa shape index (κ3) is 4.46. The van der Waals surface area contributed by atoms with Gasteiger partial charge < -0.3 is 5.32 Å². The summed E-state index contributed by atoms with van der Waals surface area (Å²) in [4.78, 5) is 10.7. The molecule has 4 nitrogen and oxygen atoms in total. The number of anilines is 1. The van der Waals surface area contributed by atoms with Gasteiger partial charge in [0.25, 0.3) is 5.92 Å². The van der Waals surface area contributed by atoms with Crippen LogP contribution in [0.15, 0.2) is 0 Å². The summed E-state index contributed by atoms with van der Waals surface area (Å²) in [7, 11) is 0. The smallest absolute Gasteiger partial charge is 0.250 e. The number of hydrogen-bond acceptors (Lipinski definition) is 4. The molecule has 3 rings (SSSR count). The first-order valence-corrected chi connectivity index (χ1v) is 9.88. The summed E-state index contributed by atoms with van der Waals surface area (Å²) in [5.74, 6) is -1.66. The Balaban J connectivity index is 1.53. The van der Waals surface area contributed by atoms with Gasteiger partial charge in [-0.2, -0.15) is 4.98 Å². The molecular weight excluding hydrogens is 449 g/mol. The van der Waals surface area contributed by atoms with Gasteiger partial charge in [0.2, 0.25) is 5.28 Å². The SMILES string of the molecule is Cc1nc(Cl)nc(NC2CCC(N3CCC(F)(F)CC3)CC2)c1I. The molecule has 0 bridgehead atoms. The van der Waals surface area contributed by atoms with Crippen molar-refractivity contribution in [3.05, 3.63) is 14.5 Å². The molecule has 0 unspecified atom stereocenters. The first-order valence-electron chi connectivity index (χ1n) is 8.42. The van der Waals surface area contributed by atoms with Crippen molar-refractivity contribution in [2.24, 2.45) is 0 Å². The van der Waals surface area contributed by atoms with Crippen LogP contribution in [0.3, 0.4) is 0 Å². The fourth-order valence-corrected chi connectivity index (χ4v) is 4.22. The van der Waals surface area contributed by atoms with E-state index in [-0.39, 0.29) is 18.1 Å². The molecule has 134 valence electrons. The monoisotopic (exact) mass is 470 g/mol. The van der Waals surface area contributed by atoms with Crippen LogP contribution in [0.5, 0.6) is 0 Å². The number of rotatable bonds is 3. The second-order valence-electron chi connectivity index (χ2n) is 6.78. The minimum atomic E-state index is -2.46. The van der Waals surface area contributed by atoms with Crippen molar-refractivity contribution < 1.29 is 8.78 Å². The third-order valence-electron chi connectivity index (χ3n) is 5.07. The molecule has 1 saturated heterocycles. The maximum Gasteiger partial charge on any atom is 0.250 e. The maximum atomic E-state index is 13.3. The summed E-state index contributed by atoms with van der Waals surface area (Å²) in [6.45, 7) is 2.96.